The molecule has 2 amide bonds. The minimum absolute atomic E-state index is 0.121. The second-order valence-corrected chi connectivity index (χ2v) is 5.48. The SMILES string of the molecule is COC(=O)c1cccc(NC(=O)CC(=O)Nc2cccc(C(C)=O)c2)c1. The second kappa shape index (κ2) is 8.57. The monoisotopic (exact) mass is 354 g/mol. The number of ether oxygens (including phenoxy) is 1. The van der Waals surface area contributed by atoms with Crippen LogP contribution in [0.1, 0.15) is 34.1 Å². The lowest BCUT2D eigenvalue weighted by Gasteiger charge is -2.08. The lowest BCUT2D eigenvalue weighted by molar-refractivity contribution is -0.123. The third-order valence-corrected chi connectivity index (χ3v) is 3.44. The van der Waals surface area contributed by atoms with Crippen molar-refractivity contribution in [3.8, 4) is 0 Å². The molecule has 0 fully saturated rings. The largest absolute Gasteiger partial charge is 0.465 e. The van der Waals surface area contributed by atoms with Crippen molar-refractivity contribution < 1.29 is 23.9 Å². The summed E-state index contributed by atoms with van der Waals surface area (Å²) in [6.45, 7) is 1.43. The molecule has 134 valence electrons. The van der Waals surface area contributed by atoms with Crippen LogP contribution < -0.4 is 10.6 Å². The van der Waals surface area contributed by atoms with Gasteiger partial charge in [-0.05, 0) is 37.3 Å². The Kier molecular flexibility index (Phi) is 6.21. The number of carbonyl (C=O) groups excluding carboxylic acids is 4. The van der Waals surface area contributed by atoms with Gasteiger partial charge in [-0.15, -0.1) is 0 Å². The molecule has 2 rings (SSSR count). The van der Waals surface area contributed by atoms with Crippen LogP contribution in [-0.4, -0.2) is 30.7 Å². The van der Waals surface area contributed by atoms with Gasteiger partial charge < -0.3 is 15.4 Å². The molecule has 2 aromatic rings. The number of hydrogen-bond acceptors (Lipinski definition) is 5. The van der Waals surface area contributed by atoms with Crippen LogP contribution in [0.2, 0.25) is 0 Å². The molecule has 0 aliphatic carbocycles. The van der Waals surface area contributed by atoms with E-state index in [2.05, 4.69) is 15.4 Å². The predicted octanol–water partition coefficient (Wildman–Crippen LogP) is 2.64. The van der Waals surface area contributed by atoms with E-state index in [-0.39, 0.29) is 11.3 Å². The third-order valence-electron chi connectivity index (χ3n) is 3.44. The Morgan fingerprint density at radius 2 is 1.35 bits per heavy atom. The predicted molar refractivity (Wildman–Crippen MR) is 96.1 cm³/mol. The van der Waals surface area contributed by atoms with E-state index in [9.17, 15) is 19.2 Å². The average molecular weight is 354 g/mol. The summed E-state index contributed by atoms with van der Waals surface area (Å²) in [4.78, 5) is 46.8. The number of hydrogen-bond donors (Lipinski definition) is 2. The number of carbonyl (C=O) groups is 4. The minimum Gasteiger partial charge on any atom is -0.465 e. The standard InChI is InChI=1S/C19H18N2O5/c1-12(22)13-5-3-7-15(9-13)20-17(23)11-18(24)21-16-8-4-6-14(10-16)19(25)26-2/h3-10H,11H2,1-2H3,(H,20,23)(H,21,24). The summed E-state index contributed by atoms with van der Waals surface area (Å²) in [5, 5.41) is 5.11. The van der Waals surface area contributed by atoms with Crippen LogP contribution in [0.5, 0.6) is 0 Å². The number of anilines is 2. The molecule has 7 nitrogen and oxygen atoms in total. The van der Waals surface area contributed by atoms with Crippen molar-refractivity contribution in [1.29, 1.82) is 0 Å². The topological polar surface area (TPSA) is 102 Å². The van der Waals surface area contributed by atoms with Gasteiger partial charge in [0.2, 0.25) is 11.8 Å². The number of rotatable bonds is 6. The smallest absolute Gasteiger partial charge is 0.337 e. The Labute approximate surface area is 150 Å². The summed E-state index contributed by atoms with van der Waals surface area (Å²) in [5.41, 5.74) is 1.56. The molecule has 0 bridgehead atoms. The first-order valence-electron chi connectivity index (χ1n) is 7.78. The molecule has 0 unspecified atom stereocenters. The second-order valence-electron chi connectivity index (χ2n) is 5.48. The Morgan fingerprint density at radius 1 is 0.846 bits per heavy atom. The average Bonchev–Trinajstić information content (AvgIpc) is 2.61. The van der Waals surface area contributed by atoms with Crippen LogP contribution >= 0.6 is 0 Å². The van der Waals surface area contributed by atoms with E-state index in [4.69, 9.17) is 0 Å². The Balaban J connectivity index is 1.95. The number of methoxy groups -OCH3 is 1. The van der Waals surface area contributed by atoms with Crippen molar-refractivity contribution in [2.45, 2.75) is 13.3 Å². The van der Waals surface area contributed by atoms with Gasteiger partial charge in [0.1, 0.15) is 6.42 Å². The number of esters is 1. The lowest BCUT2D eigenvalue weighted by Crippen LogP contribution is -2.21. The molecule has 7 heteroatoms. The molecule has 0 saturated carbocycles. The molecule has 0 aromatic heterocycles. The van der Waals surface area contributed by atoms with Gasteiger partial charge in [-0.1, -0.05) is 18.2 Å². The Morgan fingerprint density at radius 3 is 1.85 bits per heavy atom. The maximum atomic E-state index is 12.0. The highest BCUT2D eigenvalue weighted by molar-refractivity contribution is 6.08. The van der Waals surface area contributed by atoms with Gasteiger partial charge in [0.25, 0.3) is 0 Å². The van der Waals surface area contributed by atoms with E-state index in [0.29, 0.717) is 16.9 Å². The fraction of sp³-hybridized carbons (Fsp3) is 0.158. The first-order valence-corrected chi connectivity index (χ1v) is 7.78. The van der Waals surface area contributed by atoms with Crippen molar-refractivity contribution in [3.63, 3.8) is 0 Å². The van der Waals surface area contributed by atoms with Crippen LogP contribution in [0.4, 0.5) is 11.4 Å². The molecule has 0 radical (unpaired) electrons. The van der Waals surface area contributed by atoms with Gasteiger partial charge >= 0.3 is 5.97 Å². The zero-order valence-electron chi connectivity index (χ0n) is 14.4. The summed E-state index contributed by atoms with van der Waals surface area (Å²) in [6.07, 6.45) is -0.410. The molecule has 0 aliphatic heterocycles. The van der Waals surface area contributed by atoms with E-state index < -0.39 is 24.2 Å². The molecule has 0 saturated heterocycles. The number of nitrogens with one attached hydrogen (secondary N) is 2. The maximum absolute atomic E-state index is 12.0. The third kappa shape index (κ3) is 5.27. The van der Waals surface area contributed by atoms with Gasteiger partial charge in [-0.25, -0.2) is 4.79 Å². The highest BCUT2D eigenvalue weighted by Gasteiger charge is 2.12. The molecule has 0 heterocycles. The van der Waals surface area contributed by atoms with Crippen molar-refractivity contribution >= 4 is 34.9 Å². The van der Waals surface area contributed by atoms with E-state index >= 15 is 0 Å². The van der Waals surface area contributed by atoms with Crippen LogP contribution in [0.3, 0.4) is 0 Å². The first-order chi connectivity index (χ1) is 12.4. The molecule has 2 N–H and O–H groups in total. The van der Waals surface area contributed by atoms with E-state index in [1.54, 1.807) is 36.4 Å². The number of benzene rings is 2. The maximum Gasteiger partial charge on any atom is 0.337 e. The Hall–Kier alpha value is -3.48. The van der Waals surface area contributed by atoms with E-state index in [1.807, 2.05) is 0 Å². The lowest BCUT2D eigenvalue weighted by atomic mass is 10.1. The summed E-state index contributed by atoms with van der Waals surface area (Å²) < 4.78 is 4.61. The van der Waals surface area contributed by atoms with E-state index in [1.165, 1.54) is 26.2 Å². The molecule has 0 atom stereocenters. The summed E-state index contributed by atoms with van der Waals surface area (Å²) >= 11 is 0. The van der Waals surface area contributed by atoms with Gasteiger partial charge in [0.15, 0.2) is 5.78 Å². The molecule has 0 spiro atoms. The molecule has 26 heavy (non-hydrogen) atoms. The molecule has 2 aromatic carbocycles. The quantitative estimate of drug-likeness (QED) is 0.472. The number of Topliss-reactive ketones (excluding diaryl/α,β-unsaturated/α-hetero) is 1. The highest BCUT2D eigenvalue weighted by Crippen LogP contribution is 2.13. The number of amides is 2. The van der Waals surface area contributed by atoms with Crippen molar-refractivity contribution in [2.24, 2.45) is 0 Å². The summed E-state index contributed by atoms with van der Waals surface area (Å²) in [5.74, 6) is -1.70. The molecular formula is C19H18N2O5. The van der Waals surface area contributed by atoms with Crippen LogP contribution in [0.25, 0.3) is 0 Å². The van der Waals surface area contributed by atoms with Gasteiger partial charge in [-0.2, -0.15) is 0 Å². The fourth-order valence-corrected chi connectivity index (χ4v) is 2.21. The Bertz CT molecular complexity index is 861. The van der Waals surface area contributed by atoms with Crippen LogP contribution in [0.15, 0.2) is 48.5 Å². The normalized spacial score (nSPS) is 9.92. The van der Waals surface area contributed by atoms with Crippen molar-refractivity contribution in [1.82, 2.24) is 0 Å². The minimum atomic E-state index is -0.535. The molecule has 0 aliphatic rings. The number of ketones is 1. The molecular weight excluding hydrogens is 336 g/mol. The van der Waals surface area contributed by atoms with Crippen molar-refractivity contribution in [2.75, 3.05) is 17.7 Å². The summed E-state index contributed by atoms with van der Waals surface area (Å²) in [6, 6.07) is 12.6. The fourth-order valence-electron chi connectivity index (χ4n) is 2.21. The first kappa shape index (κ1) is 18.9. The zero-order valence-corrected chi connectivity index (χ0v) is 14.4. The van der Waals surface area contributed by atoms with Crippen LogP contribution in [0, 0.1) is 0 Å². The summed E-state index contributed by atoms with van der Waals surface area (Å²) in [7, 11) is 1.26. The van der Waals surface area contributed by atoms with Crippen molar-refractivity contribution in [3.05, 3.63) is 59.7 Å². The highest BCUT2D eigenvalue weighted by atomic mass is 16.5. The van der Waals surface area contributed by atoms with Crippen LogP contribution in [-0.2, 0) is 14.3 Å². The zero-order chi connectivity index (χ0) is 19.1. The van der Waals surface area contributed by atoms with Gasteiger partial charge in [0, 0.05) is 16.9 Å². The van der Waals surface area contributed by atoms with Gasteiger partial charge in [-0.3, -0.25) is 14.4 Å². The van der Waals surface area contributed by atoms with Gasteiger partial charge in [0.05, 0.1) is 12.7 Å². The van der Waals surface area contributed by atoms with E-state index in [0.717, 1.165) is 0 Å².